The van der Waals surface area contributed by atoms with Crippen LogP contribution in [0.5, 0.6) is 0 Å². The number of hydrogen-bond acceptors (Lipinski definition) is 5. The van der Waals surface area contributed by atoms with Gasteiger partial charge in [-0.05, 0) is 17.7 Å². The van der Waals surface area contributed by atoms with Crippen LogP contribution in [0.1, 0.15) is 17.1 Å². The van der Waals surface area contributed by atoms with Gasteiger partial charge in [-0.25, -0.2) is 10.4 Å². The van der Waals surface area contributed by atoms with E-state index in [1.165, 1.54) is 0 Å². The third kappa shape index (κ3) is 2.87. The largest absolute Gasteiger partial charge is 0.422 e. The maximum Gasteiger partial charge on any atom is 0.252 e. The molecular weight excluding hydrogens is 252 g/mol. The molecule has 1 heterocycles. The Morgan fingerprint density at radius 2 is 2.17 bits per heavy atom. The fourth-order valence-corrected chi connectivity index (χ4v) is 1.42. The average molecular weight is 261 g/mol. The third-order valence-corrected chi connectivity index (χ3v) is 2.34. The van der Waals surface area contributed by atoms with Gasteiger partial charge in [-0.15, -0.1) is 0 Å². The average Bonchev–Trinajstić information content (AvgIpc) is 2.72. The van der Waals surface area contributed by atoms with Gasteiger partial charge in [0, 0.05) is 11.9 Å². The van der Waals surface area contributed by atoms with Gasteiger partial charge in [0.15, 0.2) is 5.89 Å². The van der Waals surface area contributed by atoms with Gasteiger partial charge < -0.3 is 4.42 Å². The molecule has 6 heteroatoms. The zero-order valence-corrected chi connectivity index (χ0v) is 10.3. The smallest absolute Gasteiger partial charge is 0.252 e. The first kappa shape index (κ1) is 12.1. The van der Waals surface area contributed by atoms with Crippen LogP contribution in [0.4, 0.5) is 5.88 Å². The molecule has 0 fully saturated rings. The molecule has 0 saturated carbocycles. The van der Waals surface area contributed by atoms with E-state index < -0.39 is 0 Å². The molecule has 0 unspecified atom stereocenters. The second kappa shape index (κ2) is 5.34. The highest BCUT2D eigenvalue weighted by Crippen LogP contribution is 2.15. The van der Waals surface area contributed by atoms with Crippen molar-refractivity contribution in [1.29, 1.82) is 5.26 Å². The Balaban J connectivity index is 2.07. The van der Waals surface area contributed by atoms with Crippen molar-refractivity contribution in [3.05, 3.63) is 46.4 Å². The summed E-state index contributed by atoms with van der Waals surface area (Å²) in [6.07, 6.45) is 1.59. The van der Waals surface area contributed by atoms with Crippen LogP contribution in [0.25, 0.3) is 0 Å². The van der Waals surface area contributed by atoms with Gasteiger partial charge in [0.25, 0.3) is 5.88 Å². The van der Waals surface area contributed by atoms with E-state index in [0.29, 0.717) is 10.9 Å². The highest BCUT2D eigenvalue weighted by atomic mass is 35.5. The highest BCUT2D eigenvalue weighted by molar-refractivity contribution is 6.30. The predicted octanol–water partition coefficient (Wildman–Crippen LogP) is 2.95. The lowest BCUT2D eigenvalue weighted by molar-refractivity contribution is 0.533. The minimum Gasteiger partial charge on any atom is -0.422 e. The van der Waals surface area contributed by atoms with Crippen LogP contribution in [0.2, 0.25) is 5.02 Å². The Kier molecular flexibility index (Phi) is 3.60. The SMILES string of the molecule is Cc1nc(C#N)c(N/N=C\c2ccc(Cl)cc2)o1. The first-order valence-electron chi connectivity index (χ1n) is 5.11. The molecule has 1 N–H and O–H groups in total. The molecule has 0 spiro atoms. The molecule has 0 aliphatic heterocycles. The number of aryl methyl sites for hydroxylation is 1. The normalized spacial score (nSPS) is 10.5. The molecule has 1 aromatic heterocycles. The lowest BCUT2D eigenvalue weighted by Crippen LogP contribution is -1.91. The molecule has 18 heavy (non-hydrogen) atoms. The van der Waals surface area contributed by atoms with Crippen molar-refractivity contribution in [1.82, 2.24) is 4.98 Å². The van der Waals surface area contributed by atoms with Gasteiger partial charge in [0.1, 0.15) is 6.07 Å². The lowest BCUT2D eigenvalue weighted by Gasteiger charge is -1.95. The third-order valence-electron chi connectivity index (χ3n) is 2.09. The number of benzene rings is 1. The van der Waals surface area contributed by atoms with Gasteiger partial charge in [0.2, 0.25) is 5.69 Å². The molecule has 0 radical (unpaired) electrons. The molecule has 0 aliphatic rings. The Labute approximate surface area is 109 Å². The van der Waals surface area contributed by atoms with Crippen LogP contribution in [-0.4, -0.2) is 11.2 Å². The first-order chi connectivity index (χ1) is 8.69. The Hall–Kier alpha value is -2.32. The standard InChI is InChI=1S/C12H9ClN4O/c1-8-16-11(6-14)12(18-8)17-15-7-9-2-4-10(13)5-3-9/h2-5,7,17H,1H3/b15-7-. The number of oxazole rings is 1. The molecule has 0 aliphatic carbocycles. The molecule has 0 atom stereocenters. The zero-order valence-electron chi connectivity index (χ0n) is 9.51. The van der Waals surface area contributed by atoms with E-state index in [9.17, 15) is 0 Å². The molecule has 0 saturated heterocycles. The van der Waals surface area contributed by atoms with Gasteiger partial charge in [-0.1, -0.05) is 23.7 Å². The summed E-state index contributed by atoms with van der Waals surface area (Å²) < 4.78 is 5.18. The van der Waals surface area contributed by atoms with E-state index in [0.717, 1.165) is 5.56 Å². The van der Waals surface area contributed by atoms with Crippen LogP contribution in [0.3, 0.4) is 0 Å². The van der Waals surface area contributed by atoms with Crippen molar-refractivity contribution in [3.63, 3.8) is 0 Å². The number of hydrazone groups is 1. The number of hydrogen-bond donors (Lipinski definition) is 1. The van der Waals surface area contributed by atoms with Crippen molar-refractivity contribution in [2.45, 2.75) is 6.92 Å². The fourth-order valence-electron chi connectivity index (χ4n) is 1.29. The fraction of sp³-hybridized carbons (Fsp3) is 0.0833. The molecule has 5 nitrogen and oxygen atoms in total. The second-order valence-electron chi connectivity index (χ2n) is 3.44. The van der Waals surface area contributed by atoms with Crippen molar-refractivity contribution < 1.29 is 4.42 Å². The molecule has 0 amide bonds. The summed E-state index contributed by atoms with van der Waals surface area (Å²) in [5, 5.41) is 13.4. The van der Waals surface area contributed by atoms with Crippen LogP contribution < -0.4 is 5.43 Å². The van der Waals surface area contributed by atoms with E-state index in [2.05, 4.69) is 15.5 Å². The van der Waals surface area contributed by atoms with Crippen LogP contribution >= 0.6 is 11.6 Å². The maximum atomic E-state index is 8.80. The minimum atomic E-state index is 0.181. The predicted molar refractivity (Wildman–Crippen MR) is 68.6 cm³/mol. The number of anilines is 1. The number of nitrogens with zero attached hydrogens (tertiary/aromatic N) is 3. The number of aromatic nitrogens is 1. The summed E-state index contributed by atoms with van der Waals surface area (Å²) in [7, 11) is 0. The van der Waals surface area contributed by atoms with Gasteiger partial charge in [-0.3, -0.25) is 0 Å². The molecule has 1 aromatic carbocycles. The molecule has 90 valence electrons. The summed E-state index contributed by atoms with van der Waals surface area (Å²) in [6.45, 7) is 1.66. The van der Waals surface area contributed by atoms with E-state index in [1.54, 1.807) is 25.3 Å². The molecular formula is C12H9ClN4O. The van der Waals surface area contributed by atoms with Crippen molar-refractivity contribution in [2.24, 2.45) is 5.10 Å². The van der Waals surface area contributed by atoms with E-state index >= 15 is 0 Å². The zero-order chi connectivity index (χ0) is 13.0. The molecule has 0 bridgehead atoms. The number of nitrogens with one attached hydrogen (secondary N) is 1. The summed E-state index contributed by atoms with van der Waals surface area (Å²) in [6, 6.07) is 9.09. The summed E-state index contributed by atoms with van der Waals surface area (Å²) in [5.74, 6) is 0.649. The van der Waals surface area contributed by atoms with Gasteiger partial charge in [-0.2, -0.15) is 10.4 Å². The van der Waals surface area contributed by atoms with Gasteiger partial charge >= 0.3 is 0 Å². The number of nitriles is 1. The Morgan fingerprint density at radius 1 is 1.44 bits per heavy atom. The second-order valence-corrected chi connectivity index (χ2v) is 3.88. The van der Waals surface area contributed by atoms with Crippen molar-refractivity contribution >= 4 is 23.7 Å². The van der Waals surface area contributed by atoms with Crippen LogP contribution in [0.15, 0.2) is 33.8 Å². The van der Waals surface area contributed by atoms with E-state index in [-0.39, 0.29) is 11.6 Å². The number of halogens is 1. The topological polar surface area (TPSA) is 74.2 Å². The Bertz CT molecular complexity index is 610. The summed E-state index contributed by atoms with van der Waals surface area (Å²) in [4.78, 5) is 3.88. The maximum absolute atomic E-state index is 8.80. The van der Waals surface area contributed by atoms with Crippen molar-refractivity contribution in [3.8, 4) is 6.07 Å². The molecule has 2 aromatic rings. The quantitative estimate of drug-likeness (QED) is 0.680. The lowest BCUT2D eigenvalue weighted by atomic mass is 10.2. The summed E-state index contributed by atoms with van der Waals surface area (Å²) >= 11 is 5.76. The van der Waals surface area contributed by atoms with Gasteiger partial charge in [0.05, 0.1) is 6.21 Å². The Morgan fingerprint density at radius 3 is 2.83 bits per heavy atom. The first-order valence-corrected chi connectivity index (χ1v) is 5.49. The summed E-state index contributed by atoms with van der Waals surface area (Å²) in [5.41, 5.74) is 3.69. The van der Waals surface area contributed by atoms with Crippen molar-refractivity contribution in [2.75, 3.05) is 5.43 Å². The highest BCUT2D eigenvalue weighted by Gasteiger charge is 2.08. The number of rotatable bonds is 3. The van der Waals surface area contributed by atoms with E-state index in [4.69, 9.17) is 21.3 Å². The van der Waals surface area contributed by atoms with Crippen LogP contribution in [-0.2, 0) is 0 Å². The van der Waals surface area contributed by atoms with Crippen LogP contribution in [0, 0.1) is 18.3 Å². The van der Waals surface area contributed by atoms with E-state index in [1.807, 2.05) is 18.2 Å². The monoisotopic (exact) mass is 260 g/mol. The minimum absolute atomic E-state index is 0.181. The molecule has 2 rings (SSSR count).